The van der Waals surface area contributed by atoms with Crippen LogP contribution in [-0.2, 0) is 16.6 Å². The largest absolute Gasteiger partial charge is 0.485 e. The first kappa shape index (κ1) is 17.8. The van der Waals surface area contributed by atoms with E-state index in [1.54, 1.807) is 42.6 Å². The molecule has 0 aliphatic carbocycles. The number of aromatic nitrogens is 1. The molecule has 0 amide bonds. The monoisotopic (exact) mass is 441 g/mol. The van der Waals surface area contributed by atoms with Crippen LogP contribution in [0, 0.1) is 0 Å². The Morgan fingerprint density at radius 3 is 2.22 bits per heavy atom. The average molecular weight is 442 g/mol. The molecule has 0 saturated heterocycles. The van der Waals surface area contributed by atoms with Crippen LogP contribution in [0.4, 0.5) is 0 Å². The SMILES string of the molecule is O=S(=O)(c1ccccc1)n1ccc2ccc(Br)c(OCc3ccccc3)c21. The van der Waals surface area contributed by atoms with Crippen LogP contribution in [0.15, 0.2) is 94.4 Å². The van der Waals surface area contributed by atoms with E-state index in [-0.39, 0.29) is 4.90 Å². The zero-order chi connectivity index (χ0) is 18.9. The smallest absolute Gasteiger partial charge is 0.268 e. The highest BCUT2D eigenvalue weighted by Gasteiger charge is 2.22. The first-order valence-electron chi connectivity index (χ1n) is 8.34. The summed E-state index contributed by atoms with van der Waals surface area (Å²) in [5.74, 6) is 0.501. The van der Waals surface area contributed by atoms with Gasteiger partial charge in [0.2, 0.25) is 0 Å². The van der Waals surface area contributed by atoms with Crippen LogP contribution in [0.5, 0.6) is 5.75 Å². The molecule has 0 atom stereocenters. The maximum absolute atomic E-state index is 13.1. The first-order valence-corrected chi connectivity index (χ1v) is 10.6. The van der Waals surface area contributed by atoms with Gasteiger partial charge in [-0.2, -0.15) is 0 Å². The summed E-state index contributed by atoms with van der Waals surface area (Å²) in [6.07, 6.45) is 1.56. The molecule has 0 N–H and O–H groups in total. The van der Waals surface area contributed by atoms with Crippen molar-refractivity contribution in [2.45, 2.75) is 11.5 Å². The molecule has 0 aliphatic heterocycles. The normalized spacial score (nSPS) is 11.6. The second-order valence-electron chi connectivity index (χ2n) is 6.02. The van der Waals surface area contributed by atoms with Crippen molar-refractivity contribution in [3.8, 4) is 5.75 Å². The molecule has 136 valence electrons. The predicted octanol–water partition coefficient (Wildman–Crippen LogP) is 5.22. The zero-order valence-electron chi connectivity index (χ0n) is 14.2. The van der Waals surface area contributed by atoms with Crippen LogP contribution in [0.2, 0.25) is 0 Å². The van der Waals surface area contributed by atoms with Crippen LogP contribution >= 0.6 is 15.9 Å². The number of nitrogens with zero attached hydrogens (tertiary/aromatic N) is 1. The third kappa shape index (κ3) is 3.38. The fourth-order valence-electron chi connectivity index (χ4n) is 2.92. The van der Waals surface area contributed by atoms with Crippen molar-refractivity contribution in [1.82, 2.24) is 3.97 Å². The van der Waals surface area contributed by atoms with Gasteiger partial charge in [0.25, 0.3) is 10.0 Å². The van der Waals surface area contributed by atoms with Gasteiger partial charge in [-0.05, 0) is 45.8 Å². The lowest BCUT2D eigenvalue weighted by Crippen LogP contribution is -2.12. The number of hydrogen-bond acceptors (Lipinski definition) is 3. The van der Waals surface area contributed by atoms with Gasteiger partial charge in [-0.1, -0.05) is 54.6 Å². The predicted molar refractivity (Wildman–Crippen MR) is 109 cm³/mol. The van der Waals surface area contributed by atoms with E-state index in [0.717, 1.165) is 10.9 Å². The molecule has 3 aromatic carbocycles. The third-order valence-electron chi connectivity index (χ3n) is 4.25. The zero-order valence-corrected chi connectivity index (χ0v) is 16.7. The van der Waals surface area contributed by atoms with E-state index in [9.17, 15) is 8.42 Å². The van der Waals surface area contributed by atoms with Crippen molar-refractivity contribution in [2.75, 3.05) is 0 Å². The summed E-state index contributed by atoms with van der Waals surface area (Å²) in [4.78, 5) is 0.233. The Morgan fingerprint density at radius 1 is 0.852 bits per heavy atom. The minimum absolute atomic E-state index is 0.233. The maximum atomic E-state index is 13.1. The van der Waals surface area contributed by atoms with E-state index in [1.165, 1.54) is 3.97 Å². The Balaban J connectivity index is 1.83. The van der Waals surface area contributed by atoms with E-state index in [2.05, 4.69) is 15.9 Å². The van der Waals surface area contributed by atoms with Gasteiger partial charge in [0, 0.05) is 11.6 Å². The standard InChI is InChI=1S/C21H16BrNO3S/c22-19-12-11-17-13-14-23(27(24,25)18-9-5-2-6-10-18)20(17)21(19)26-15-16-7-3-1-4-8-16/h1-14H,15H2. The molecule has 0 unspecified atom stereocenters. The van der Waals surface area contributed by atoms with Gasteiger partial charge in [-0.15, -0.1) is 0 Å². The fourth-order valence-corrected chi connectivity index (χ4v) is 4.73. The maximum Gasteiger partial charge on any atom is 0.268 e. The number of hydrogen-bond donors (Lipinski definition) is 0. The summed E-state index contributed by atoms with van der Waals surface area (Å²) in [6.45, 7) is 0.342. The Bertz CT molecular complexity index is 1190. The quantitative estimate of drug-likeness (QED) is 0.426. The lowest BCUT2D eigenvalue weighted by molar-refractivity contribution is 0.307. The van der Waals surface area contributed by atoms with Crippen LogP contribution in [0.1, 0.15) is 5.56 Å². The van der Waals surface area contributed by atoms with Gasteiger partial charge in [0.15, 0.2) is 5.75 Å². The second-order valence-corrected chi connectivity index (χ2v) is 8.69. The minimum atomic E-state index is -3.73. The van der Waals surface area contributed by atoms with Crippen LogP contribution in [0.3, 0.4) is 0 Å². The number of ether oxygens (including phenoxy) is 1. The first-order chi connectivity index (χ1) is 13.1. The van der Waals surface area contributed by atoms with Gasteiger partial charge in [-0.25, -0.2) is 12.4 Å². The molecule has 0 bridgehead atoms. The number of benzene rings is 3. The summed E-state index contributed by atoms with van der Waals surface area (Å²) in [7, 11) is -3.73. The second kappa shape index (κ2) is 7.21. The summed E-state index contributed by atoms with van der Waals surface area (Å²) >= 11 is 3.50. The summed E-state index contributed by atoms with van der Waals surface area (Å²) in [6, 6.07) is 23.6. The van der Waals surface area contributed by atoms with Crippen LogP contribution < -0.4 is 4.74 Å². The molecule has 0 fully saturated rings. The molecule has 6 heteroatoms. The molecule has 27 heavy (non-hydrogen) atoms. The molecule has 0 aliphatic rings. The molecule has 1 aromatic heterocycles. The van der Waals surface area contributed by atoms with E-state index < -0.39 is 10.0 Å². The highest BCUT2D eigenvalue weighted by molar-refractivity contribution is 9.10. The van der Waals surface area contributed by atoms with Crippen molar-refractivity contribution in [3.63, 3.8) is 0 Å². The molecule has 0 spiro atoms. The van der Waals surface area contributed by atoms with Crippen molar-refractivity contribution in [3.05, 3.63) is 95.1 Å². The number of rotatable bonds is 5. The van der Waals surface area contributed by atoms with E-state index in [4.69, 9.17) is 4.74 Å². The number of fused-ring (bicyclic) bond motifs is 1. The fraction of sp³-hybridized carbons (Fsp3) is 0.0476. The molecule has 0 radical (unpaired) electrons. The van der Waals surface area contributed by atoms with E-state index >= 15 is 0 Å². The van der Waals surface area contributed by atoms with Crippen molar-refractivity contribution in [2.24, 2.45) is 0 Å². The van der Waals surface area contributed by atoms with Gasteiger partial charge in [0.1, 0.15) is 12.1 Å². The highest BCUT2D eigenvalue weighted by atomic mass is 79.9. The minimum Gasteiger partial charge on any atom is -0.485 e. The van der Waals surface area contributed by atoms with Crippen molar-refractivity contribution < 1.29 is 13.2 Å². The molecule has 4 nitrogen and oxygen atoms in total. The molecular weight excluding hydrogens is 426 g/mol. The van der Waals surface area contributed by atoms with Crippen LogP contribution in [-0.4, -0.2) is 12.4 Å². The molecule has 4 aromatic rings. The van der Waals surface area contributed by atoms with Gasteiger partial charge >= 0.3 is 0 Å². The summed E-state index contributed by atoms with van der Waals surface area (Å²) in [5, 5.41) is 0.792. The van der Waals surface area contributed by atoms with Crippen LogP contribution in [0.25, 0.3) is 10.9 Å². The number of halogens is 1. The lowest BCUT2D eigenvalue weighted by atomic mass is 10.2. The van der Waals surface area contributed by atoms with Gasteiger partial charge in [0.05, 0.1) is 9.37 Å². The summed E-state index contributed by atoms with van der Waals surface area (Å²) < 4.78 is 34.3. The van der Waals surface area contributed by atoms with E-state index in [1.807, 2.05) is 42.5 Å². The summed E-state index contributed by atoms with van der Waals surface area (Å²) in [5.41, 5.74) is 1.52. The molecule has 0 saturated carbocycles. The molecule has 1 heterocycles. The Hall–Kier alpha value is -2.57. The van der Waals surface area contributed by atoms with Gasteiger partial charge < -0.3 is 4.74 Å². The Morgan fingerprint density at radius 2 is 1.52 bits per heavy atom. The van der Waals surface area contributed by atoms with Crippen molar-refractivity contribution >= 4 is 36.9 Å². The molecular formula is C21H16BrNO3S. The molecule has 4 rings (SSSR count). The highest BCUT2D eigenvalue weighted by Crippen LogP contribution is 2.36. The third-order valence-corrected chi connectivity index (χ3v) is 6.57. The Labute approximate surface area is 166 Å². The van der Waals surface area contributed by atoms with E-state index in [0.29, 0.717) is 22.3 Å². The topological polar surface area (TPSA) is 48.3 Å². The van der Waals surface area contributed by atoms with Crippen molar-refractivity contribution in [1.29, 1.82) is 0 Å². The van der Waals surface area contributed by atoms with Gasteiger partial charge in [-0.3, -0.25) is 0 Å². The average Bonchev–Trinajstić information content (AvgIpc) is 3.14. The Kier molecular flexibility index (Phi) is 4.76. The lowest BCUT2D eigenvalue weighted by Gasteiger charge is -2.14.